The molecule has 0 aromatic rings. The number of hydrogen-bond acceptors (Lipinski definition) is 7. The van der Waals surface area contributed by atoms with E-state index >= 15 is 0 Å². The van der Waals surface area contributed by atoms with Gasteiger partial charge in [0.05, 0.1) is 24.5 Å². The molecule has 0 aromatic heterocycles. The van der Waals surface area contributed by atoms with Crippen molar-refractivity contribution >= 4 is 18.0 Å². The number of ether oxygens (including phenoxy) is 3. The number of aliphatic carboxylic acids is 2. The van der Waals surface area contributed by atoms with E-state index in [1.807, 2.05) is 0 Å². The summed E-state index contributed by atoms with van der Waals surface area (Å²) in [7, 11) is 0. The summed E-state index contributed by atoms with van der Waals surface area (Å²) >= 11 is 0. The number of carbonyl (C=O) groups excluding carboxylic acids is 1. The molecule has 27 heavy (non-hydrogen) atoms. The van der Waals surface area contributed by atoms with Crippen LogP contribution in [0.25, 0.3) is 0 Å². The predicted molar refractivity (Wildman–Crippen MR) is 93.5 cm³/mol. The van der Waals surface area contributed by atoms with Crippen LogP contribution in [-0.4, -0.2) is 64.5 Å². The molecule has 0 radical (unpaired) electrons. The van der Waals surface area contributed by atoms with Crippen LogP contribution in [0.15, 0.2) is 22.8 Å². The van der Waals surface area contributed by atoms with Gasteiger partial charge in [0.1, 0.15) is 17.4 Å². The summed E-state index contributed by atoms with van der Waals surface area (Å²) in [5.74, 6) is -3.79. The Morgan fingerprint density at radius 2 is 1.74 bits per heavy atom. The molecule has 1 saturated heterocycles. The van der Waals surface area contributed by atoms with Gasteiger partial charge >= 0.3 is 18.0 Å². The summed E-state index contributed by atoms with van der Waals surface area (Å²) in [4.78, 5) is 36.1. The van der Waals surface area contributed by atoms with E-state index in [-0.39, 0.29) is 24.6 Å². The fraction of sp³-hybridized carbons (Fsp3) is 0.588. The van der Waals surface area contributed by atoms with Gasteiger partial charge < -0.3 is 30.2 Å². The molecule has 0 bridgehead atoms. The van der Waals surface area contributed by atoms with Crippen molar-refractivity contribution in [2.24, 2.45) is 5.73 Å². The van der Waals surface area contributed by atoms with Gasteiger partial charge in [-0.1, -0.05) is 0 Å². The van der Waals surface area contributed by atoms with Crippen molar-refractivity contribution in [3.05, 3.63) is 22.8 Å². The van der Waals surface area contributed by atoms with Crippen LogP contribution < -0.4 is 5.73 Å². The molecule has 1 atom stereocenters. The predicted octanol–water partition coefficient (Wildman–Crippen LogP) is 1.27. The van der Waals surface area contributed by atoms with Gasteiger partial charge in [0.25, 0.3) is 0 Å². The number of amides is 1. The number of hydrogen-bond donors (Lipinski definition) is 3. The Labute approximate surface area is 157 Å². The van der Waals surface area contributed by atoms with Gasteiger partial charge in [-0.25, -0.2) is 14.4 Å². The van der Waals surface area contributed by atoms with E-state index in [1.54, 1.807) is 20.8 Å². The number of nitrogens with zero attached hydrogens (tertiary/aromatic N) is 1. The smallest absolute Gasteiger partial charge is 0.411 e. The van der Waals surface area contributed by atoms with Crippen LogP contribution in [0.5, 0.6) is 0 Å². The summed E-state index contributed by atoms with van der Waals surface area (Å²) in [6.07, 6.45) is -0.595. The number of morpholine rings is 1. The van der Waals surface area contributed by atoms with Crippen molar-refractivity contribution in [2.45, 2.75) is 46.3 Å². The van der Waals surface area contributed by atoms with E-state index in [0.717, 1.165) is 6.92 Å². The van der Waals surface area contributed by atoms with Crippen molar-refractivity contribution in [3.63, 3.8) is 0 Å². The molecule has 1 aliphatic heterocycles. The summed E-state index contributed by atoms with van der Waals surface area (Å²) in [5, 5.41) is 18.2. The summed E-state index contributed by atoms with van der Waals surface area (Å²) in [6, 6.07) is -0.742. The molecule has 0 aliphatic carbocycles. The first-order chi connectivity index (χ1) is 12.3. The molecule has 1 unspecified atom stereocenters. The minimum atomic E-state index is -1.55. The quantitative estimate of drug-likeness (QED) is 0.469. The lowest BCUT2D eigenvalue weighted by molar-refractivity contribution is -0.138. The monoisotopic (exact) mass is 386 g/mol. The Bertz CT molecular complexity index is 675. The van der Waals surface area contributed by atoms with Crippen LogP contribution >= 0.6 is 0 Å². The standard InChI is InChI=1S/C17H26N2O8/c1-9(14(20)21)13(15(22)23)26-10(2)12(18)11-8-25-7-6-19(11)16(24)27-17(3,4)5/h11H,6-8,18H2,1-5H3,(H,20,21)(H,22,23). The highest BCUT2D eigenvalue weighted by Gasteiger charge is 2.34. The number of carbonyl (C=O) groups is 3. The van der Waals surface area contributed by atoms with Crippen LogP contribution in [0.1, 0.15) is 34.6 Å². The molecule has 1 rings (SSSR count). The lowest BCUT2D eigenvalue weighted by atomic mass is 10.1. The molecule has 10 nitrogen and oxygen atoms in total. The molecule has 10 heteroatoms. The molecule has 0 aromatic carbocycles. The first-order valence-corrected chi connectivity index (χ1v) is 8.24. The molecule has 0 saturated carbocycles. The molecule has 0 spiro atoms. The van der Waals surface area contributed by atoms with Gasteiger partial charge in [0, 0.05) is 6.54 Å². The summed E-state index contributed by atoms with van der Waals surface area (Å²) in [6.45, 7) is 8.26. The van der Waals surface area contributed by atoms with Crippen molar-refractivity contribution in [2.75, 3.05) is 19.8 Å². The maximum atomic E-state index is 12.4. The zero-order chi connectivity index (χ0) is 20.9. The third kappa shape index (κ3) is 6.17. The fourth-order valence-electron chi connectivity index (χ4n) is 2.22. The maximum absolute atomic E-state index is 12.4. The van der Waals surface area contributed by atoms with E-state index in [4.69, 9.17) is 25.1 Å². The van der Waals surface area contributed by atoms with Crippen molar-refractivity contribution in [1.82, 2.24) is 4.90 Å². The largest absolute Gasteiger partial charge is 0.478 e. The molecular formula is C17H26N2O8. The minimum absolute atomic E-state index is 0.0393. The van der Waals surface area contributed by atoms with Crippen LogP contribution in [0.3, 0.4) is 0 Å². The second-order valence-corrected chi connectivity index (χ2v) is 6.94. The minimum Gasteiger partial charge on any atom is -0.478 e. The first kappa shape index (κ1) is 22.3. The van der Waals surface area contributed by atoms with Gasteiger partial charge in [-0.2, -0.15) is 0 Å². The van der Waals surface area contributed by atoms with Gasteiger partial charge in [-0.05, 0) is 34.6 Å². The highest BCUT2D eigenvalue weighted by Crippen LogP contribution is 2.21. The van der Waals surface area contributed by atoms with Gasteiger partial charge in [0.15, 0.2) is 0 Å². The Balaban J connectivity index is 3.15. The van der Waals surface area contributed by atoms with Crippen LogP contribution in [0.2, 0.25) is 0 Å². The summed E-state index contributed by atoms with van der Waals surface area (Å²) < 4.78 is 15.9. The topological polar surface area (TPSA) is 149 Å². The van der Waals surface area contributed by atoms with E-state index in [2.05, 4.69) is 0 Å². The molecule has 1 aliphatic rings. The molecule has 1 amide bonds. The number of carboxylic acids is 2. The van der Waals surface area contributed by atoms with Crippen LogP contribution in [0.4, 0.5) is 4.79 Å². The number of allylic oxidation sites excluding steroid dienone is 1. The SMILES string of the molecule is CC(OC(C(=O)O)=C(C)C(=O)O)=C(N)C1COCCN1C(=O)OC(C)(C)C. The van der Waals surface area contributed by atoms with Gasteiger partial charge in [-0.15, -0.1) is 0 Å². The maximum Gasteiger partial charge on any atom is 0.411 e. The van der Waals surface area contributed by atoms with Crippen LogP contribution in [0, 0.1) is 0 Å². The Morgan fingerprint density at radius 3 is 2.22 bits per heavy atom. The van der Waals surface area contributed by atoms with Gasteiger partial charge in [0.2, 0.25) is 5.76 Å². The van der Waals surface area contributed by atoms with Crippen molar-refractivity contribution < 1.29 is 38.8 Å². The third-order valence-electron chi connectivity index (χ3n) is 3.63. The van der Waals surface area contributed by atoms with E-state index in [9.17, 15) is 19.5 Å². The number of carboxylic acid groups (broad SMARTS) is 2. The lowest BCUT2D eigenvalue weighted by Gasteiger charge is -2.37. The Kier molecular flexibility index (Phi) is 7.23. The average molecular weight is 386 g/mol. The zero-order valence-electron chi connectivity index (χ0n) is 16.1. The molecule has 4 N–H and O–H groups in total. The normalized spacial score (nSPS) is 19.6. The molecule has 152 valence electrons. The molecule has 1 heterocycles. The van der Waals surface area contributed by atoms with Gasteiger partial charge in [-0.3, -0.25) is 4.90 Å². The van der Waals surface area contributed by atoms with E-state index in [1.165, 1.54) is 11.8 Å². The highest BCUT2D eigenvalue weighted by molar-refractivity contribution is 5.97. The Hall–Kier alpha value is -2.75. The Morgan fingerprint density at radius 1 is 1.15 bits per heavy atom. The fourth-order valence-corrected chi connectivity index (χ4v) is 2.22. The van der Waals surface area contributed by atoms with E-state index < -0.39 is 41.0 Å². The summed E-state index contributed by atoms with van der Waals surface area (Å²) in [5.41, 5.74) is 4.92. The van der Waals surface area contributed by atoms with Crippen LogP contribution in [-0.2, 0) is 23.8 Å². The zero-order valence-corrected chi connectivity index (χ0v) is 16.1. The molecular weight excluding hydrogens is 360 g/mol. The third-order valence-corrected chi connectivity index (χ3v) is 3.63. The van der Waals surface area contributed by atoms with E-state index in [0.29, 0.717) is 6.61 Å². The molecule has 1 fully saturated rings. The second-order valence-electron chi connectivity index (χ2n) is 6.94. The second kappa shape index (κ2) is 8.76. The first-order valence-electron chi connectivity index (χ1n) is 8.24. The number of nitrogens with two attached hydrogens (primary N) is 1. The lowest BCUT2D eigenvalue weighted by Crippen LogP contribution is -2.52. The highest BCUT2D eigenvalue weighted by atomic mass is 16.6. The number of rotatable bonds is 5. The van der Waals surface area contributed by atoms with Crippen molar-refractivity contribution in [1.29, 1.82) is 0 Å². The van der Waals surface area contributed by atoms with Crippen molar-refractivity contribution in [3.8, 4) is 0 Å². The average Bonchev–Trinajstić information content (AvgIpc) is 2.56.